The molecule has 0 saturated heterocycles. The monoisotopic (exact) mass is 364 g/mol. The lowest BCUT2D eigenvalue weighted by Crippen LogP contribution is -2.30. The number of carbonyl (C=O) groups excluding carboxylic acids is 1. The van der Waals surface area contributed by atoms with Gasteiger partial charge in [0.05, 0.1) is 12.6 Å². The molecule has 1 unspecified atom stereocenters. The van der Waals surface area contributed by atoms with Crippen LogP contribution in [0.25, 0.3) is 10.9 Å². The molecule has 3 rings (SSSR count). The third kappa shape index (κ3) is 4.38. The molecule has 1 aromatic heterocycles. The number of hydrogen-bond acceptors (Lipinski definition) is 3. The molecular weight excluding hydrogens is 340 g/mol. The van der Waals surface area contributed by atoms with Crippen molar-refractivity contribution in [1.82, 2.24) is 9.88 Å². The molecule has 2 aromatic carbocycles. The van der Waals surface area contributed by atoms with Crippen molar-refractivity contribution in [3.63, 3.8) is 0 Å². The van der Waals surface area contributed by atoms with Crippen molar-refractivity contribution in [2.45, 2.75) is 19.5 Å². The van der Waals surface area contributed by atoms with Crippen molar-refractivity contribution in [3.05, 3.63) is 78.5 Å². The second-order valence-corrected chi connectivity index (χ2v) is 6.36. The van der Waals surface area contributed by atoms with Crippen molar-refractivity contribution >= 4 is 16.8 Å². The second-order valence-electron chi connectivity index (χ2n) is 6.36. The van der Waals surface area contributed by atoms with Gasteiger partial charge in [-0.2, -0.15) is 0 Å². The molecule has 140 valence electrons. The van der Waals surface area contributed by atoms with Crippen LogP contribution in [0.5, 0.6) is 5.75 Å². The van der Waals surface area contributed by atoms with E-state index in [0.717, 1.165) is 16.8 Å². The number of para-hydroxylation sites is 1. The van der Waals surface area contributed by atoms with Gasteiger partial charge in [-0.3, -0.25) is 4.79 Å². The Morgan fingerprint density at radius 3 is 2.70 bits per heavy atom. The highest BCUT2D eigenvalue weighted by atomic mass is 16.5. The fourth-order valence-corrected chi connectivity index (χ4v) is 3.20. The van der Waals surface area contributed by atoms with Gasteiger partial charge in [0, 0.05) is 17.8 Å². The smallest absolute Gasteiger partial charge is 0.243 e. The number of benzene rings is 2. The standard InChI is InChI=1S/C22H24N2O3/c1-3-22(26)23-20(17-8-10-19(11-9-17)27-13-12-25)15-24-16(2)14-18-6-4-5-7-21(18)24/h3-11,14,20,25H,1,12-13,15H2,2H3,(H,23,26). The molecule has 5 heteroatoms. The maximum Gasteiger partial charge on any atom is 0.243 e. The predicted molar refractivity (Wildman–Crippen MR) is 107 cm³/mol. The minimum atomic E-state index is -0.213. The average Bonchev–Trinajstić information content (AvgIpc) is 3.01. The molecule has 0 aliphatic rings. The summed E-state index contributed by atoms with van der Waals surface area (Å²) in [7, 11) is 0. The third-order valence-electron chi connectivity index (χ3n) is 4.53. The van der Waals surface area contributed by atoms with Crippen LogP contribution in [0.4, 0.5) is 0 Å². The first-order valence-corrected chi connectivity index (χ1v) is 8.94. The lowest BCUT2D eigenvalue weighted by molar-refractivity contribution is -0.117. The van der Waals surface area contributed by atoms with E-state index in [1.165, 1.54) is 11.5 Å². The van der Waals surface area contributed by atoms with Crippen LogP contribution < -0.4 is 10.1 Å². The van der Waals surface area contributed by atoms with E-state index in [4.69, 9.17) is 9.84 Å². The van der Waals surface area contributed by atoms with Gasteiger partial charge in [0.25, 0.3) is 0 Å². The summed E-state index contributed by atoms with van der Waals surface area (Å²) in [4.78, 5) is 12.0. The lowest BCUT2D eigenvalue weighted by atomic mass is 10.1. The minimum Gasteiger partial charge on any atom is -0.491 e. The molecule has 0 aliphatic carbocycles. The maximum atomic E-state index is 12.0. The second kappa shape index (κ2) is 8.56. The Labute approximate surface area is 158 Å². The van der Waals surface area contributed by atoms with E-state index < -0.39 is 0 Å². The van der Waals surface area contributed by atoms with E-state index >= 15 is 0 Å². The highest BCUT2D eigenvalue weighted by Gasteiger charge is 2.17. The Morgan fingerprint density at radius 1 is 1.26 bits per heavy atom. The van der Waals surface area contributed by atoms with Crippen LogP contribution in [0, 0.1) is 6.92 Å². The molecule has 2 N–H and O–H groups in total. The Bertz CT molecular complexity index is 928. The summed E-state index contributed by atoms with van der Waals surface area (Å²) in [6, 6.07) is 17.7. The van der Waals surface area contributed by atoms with Crippen LogP contribution >= 0.6 is 0 Å². The SMILES string of the molecule is C=CC(=O)NC(Cn1c(C)cc2ccccc21)c1ccc(OCCO)cc1. The normalized spacial score (nSPS) is 11.9. The fourth-order valence-electron chi connectivity index (χ4n) is 3.20. The number of hydrogen-bond donors (Lipinski definition) is 2. The van der Waals surface area contributed by atoms with E-state index in [9.17, 15) is 4.79 Å². The van der Waals surface area contributed by atoms with Gasteiger partial charge < -0.3 is 19.7 Å². The zero-order valence-corrected chi connectivity index (χ0v) is 15.4. The van der Waals surface area contributed by atoms with Crippen LogP contribution in [0.15, 0.2) is 67.3 Å². The number of rotatable bonds is 8. The number of carbonyl (C=O) groups is 1. The van der Waals surface area contributed by atoms with E-state index in [1.54, 1.807) is 0 Å². The van der Waals surface area contributed by atoms with Gasteiger partial charge in [-0.15, -0.1) is 0 Å². The summed E-state index contributed by atoms with van der Waals surface area (Å²) in [5.74, 6) is 0.471. The number of aliphatic hydroxyl groups excluding tert-OH is 1. The lowest BCUT2D eigenvalue weighted by Gasteiger charge is -2.21. The zero-order chi connectivity index (χ0) is 19.2. The molecule has 0 saturated carbocycles. The Balaban J connectivity index is 1.90. The molecule has 1 atom stereocenters. The molecule has 0 fully saturated rings. The molecule has 27 heavy (non-hydrogen) atoms. The van der Waals surface area contributed by atoms with Crippen molar-refractivity contribution < 1.29 is 14.6 Å². The van der Waals surface area contributed by atoms with E-state index in [1.807, 2.05) is 36.4 Å². The largest absolute Gasteiger partial charge is 0.491 e. The van der Waals surface area contributed by atoms with Crippen LogP contribution in [0.3, 0.4) is 0 Å². The van der Waals surface area contributed by atoms with Gasteiger partial charge >= 0.3 is 0 Å². The molecular formula is C22H24N2O3. The average molecular weight is 364 g/mol. The summed E-state index contributed by atoms with van der Waals surface area (Å²) in [5.41, 5.74) is 3.24. The molecule has 0 aliphatic heterocycles. The number of aryl methyl sites for hydroxylation is 1. The van der Waals surface area contributed by atoms with Gasteiger partial charge in [-0.25, -0.2) is 0 Å². The van der Waals surface area contributed by atoms with Crippen LogP contribution in [-0.2, 0) is 11.3 Å². The van der Waals surface area contributed by atoms with Crippen LogP contribution in [0.2, 0.25) is 0 Å². The molecule has 0 radical (unpaired) electrons. The van der Waals surface area contributed by atoms with E-state index in [-0.39, 0.29) is 25.2 Å². The summed E-state index contributed by atoms with van der Waals surface area (Å²) in [6.07, 6.45) is 1.28. The highest BCUT2D eigenvalue weighted by molar-refractivity contribution is 5.87. The summed E-state index contributed by atoms with van der Waals surface area (Å²) in [5, 5.41) is 13.1. The predicted octanol–water partition coefficient (Wildman–Crippen LogP) is 3.36. The molecule has 0 spiro atoms. The number of nitrogens with zero attached hydrogens (tertiary/aromatic N) is 1. The van der Waals surface area contributed by atoms with Gasteiger partial charge in [-0.1, -0.05) is 36.9 Å². The maximum absolute atomic E-state index is 12.0. The number of aliphatic hydroxyl groups is 1. The zero-order valence-electron chi connectivity index (χ0n) is 15.4. The fraction of sp³-hybridized carbons (Fsp3) is 0.227. The first-order chi connectivity index (χ1) is 13.1. The molecule has 3 aromatic rings. The van der Waals surface area contributed by atoms with Crippen molar-refractivity contribution in [2.75, 3.05) is 13.2 Å². The van der Waals surface area contributed by atoms with Crippen molar-refractivity contribution in [2.24, 2.45) is 0 Å². The number of nitrogens with one attached hydrogen (secondary N) is 1. The van der Waals surface area contributed by atoms with E-state index in [0.29, 0.717) is 12.3 Å². The number of aromatic nitrogens is 1. The third-order valence-corrected chi connectivity index (χ3v) is 4.53. The van der Waals surface area contributed by atoms with Crippen LogP contribution in [-0.4, -0.2) is 28.8 Å². The van der Waals surface area contributed by atoms with E-state index in [2.05, 4.69) is 41.6 Å². The van der Waals surface area contributed by atoms with Gasteiger partial charge in [0.15, 0.2) is 0 Å². The first-order valence-electron chi connectivity index (χ1n) is 8.94. The van der Waals surface area contributed by atoms with Gasteiger partial charge in [-0.05, 0) is 48.2 Å². The van der Waals surface area contributed by atoms with Crippen molar-refractivity contribution in [3.8, 4) is 5.75 Å². The Hall–Kier alpha value is -3.05. The van der Waals surface area contributed by atoms with Crippen molar-refractivity contribution in [1.29, 1.82) is 0 Å². The number of fused-ring (bicyclic) bond motifs is 1. The van der Waals surface area contributed by atoms with Crippen LogP contribution in [0.1, 0.15) is 17.3 Å². The molecule has 1 amide bonds. The summed E-state index contributed by atoms with van der Waals surface area (Å²) < 4.78 is 7.62. The van der Waals surface area contributed by atoms with Gasteiger partial charge in [0.1, 0.15) is 12.4 Å². The Kier molecular flexibility index (Phi) is 5.94. The summed E-state index contributed by atoms with van der Waals surface area (Å²) >= 11 is 0. The topological polar surface area (TPSA) is 63.5 Å². The Morgan fingerprint density at radius 2 is 2.00 bits per heavy atom. The molecule has 5 nitrogen and oxygen atoms in total. The molecule has 1 heterocycles. The molecule has 0 bridgehead atoms. The highest BCUT2D eigenvalue weighted by Crippen LogP contribution is 2.25. The quantitative estimate of drug-likeness (QED) is 0.603. The van der Waals surface area contributed by atoms with Gasteiger partial charge in [0.2, 0.25) is 5.91 Å². The number of amides is 1. The first kappa shape index (κ1) is 18.7. The minimum absolute atomic E-state index is 0.0280. The summed E-state index contributed by atoms with van der Waals surface area (Å²) in [6.45, 7) is 6.46. The number of ether oxygens (including phenoxy) is 1.